The van der Waals surface area contributed by atoms with Gasteiger partial charge in [-0.2, -0.15) is 0 Å². The standard InChI is InChI=1S/C14H22N2OS/c1-4-16-11(2)12-5-7-13(8-6-12)18-10-9-14(17)15-3/h5-8,11,16H,4,9-10H2,1-3H3,(H,15,17). The summed E-state index contributed by atoms with van der Waals surface area (Å²) < 4.78 is 0. The minimum Gasteiger partial charge on any atom is -0.359 e. The summed E-state index contributed by atoms with van der Waals surface area (Å²) in [6, 6.07) is 8.93. The number of carbonyl (C=O) groups is 1. The van der Waals surface area contributed by atoms with E-state index in [1.54, 1.807) is 18.8 Å². The number of hydrogen-bond donors (Lipinski definition) is 2. The van der Waals surface area contributed by atoms with Crippen LogP contribution in [0.2, 0.25) is 0 Å². The Hall–Kier alpha value is -1.00. The molecule has 0 saturated carbocycles. The van der Waals surface area contributed by atoms with Crippen LogP contribution in [-0.2, 0) is 4.79 Å². The van der Waals surface area contributed by atoms with Gasteiger partial charge in [0.15, 0.2) is 0 Å². The molecule has 1 aromatic carbocycles. The van der Waals surface area contributed by atoms with Crippen LogP contribution >= 0.6 is 11.8 Å². The third kappa shape index (κ3) is 5.10. The number of thioether (sulfide) groups is 1. The minimum absolute atomic E-state index is 0.0971. The van der Waals surface area contributed by atoms with E-state index in [4.69, 9.17) is 0 Å². The van der Waals surface area contributed by atoms with Gasteiger partial charge < -0.3 is 10.6 Å². The third-order valence-electron chi connectivity index (χ3n) is 2.77. The van der Waals surface area contributed by atoms with Crippen molar-refractivity contribution in [1.29, 1.82) is 0 Å². The van der Waals surface area contributed by atoms with E-state index in [2.05, 4.69) is 48.7 Å². The number of benzene rings is 1. The van der Waals surface area contributed by atoms with Crippen LogP contribution in [0.15, 0.2) is 29.2 Å². The van der Waals surface area contributed by atoms with Crippen molar-refractivity contribution in [1.82, 2.24) is 10.6 Å². The Morgan fingerprint density at radius 2 is 2.00 bits per heavy atom. The van der Waals surface area contributed by atoms with Crippen LogP contribution in [0.3, 0.4) is 0 Å². The molecular weight excluding hydrogens is 244 g/mol. The van der Waals surface area contributed by atoms with Crippen molar-refractivity contribution in [2.24, 2.45) is 0 Å². The second-order valence-corrected chi connectivity index (χ2v) is 5.29. The highest BCUT2D eigenvalue weighted by molar-refractivity contribution is 7.99. The van der Waals surface area contributed by atoms with E-state index in [-0.39, 0.29) is 5.91 Å². The molecule has 0 spiro atoms. The van der Waals surface area contributed by atoms with E-state index in [9.17, 15) is 4.79 Å². The molecule has 1 unspecified atom stereocenters. The lowest BCUT2D eigenvalue weighted by molar-refractivity contribution is -0.120. The predicted octanol–water partition coefficient (Wildman–Crippen LogP) is 2.59. The van der Waals surface area contributed by atoms with Crippen LogP contribution in [0.25, 0.3) is 0 Å². The molecule has 4 heteroatoms. The summed E-state index contributed by atoms with van der Waals surface area (Å²) in [7, 11) is 1.67. The van der Waals surface area contributed by atoms with Gasteiger partial charge in [-0.1, -0.05) is 19.1 Å². The van der Waals surface area contributed by atoms with Gasteiger partial charge in [0.1, 0.15) is 0 Å². The van der Waals surface area contributed by atoms with Gasteiger partial charge in [-0.3, -0.25) is 4.79 Å². The molecule has 1 atom stereocenters. The van der Waals surface area contributed by atoms with Gasteiger partial charge >= 0.3 is 0 Å². The molecule has 1 amide bonds. The lowest BCUT2D eigenvalue weighted by atomic mass is 10.1. The summed E-state index contributed by atoms with van der Waals surface area (Å²) in [4.78, 5) is 12.3. The maximum atomic E-state index is 11.1. The second-order valence-electron chi connectivity index (χ2n) is 4.12. The zero-order valence-electron chi connectivity index (χ0n) is 11.3. The molecule has 3 nitrogen and oxygen atoms in total. The summed E-state index contributed by atoms with van der Waals surface area (Å²) in [6.45, 7) is 5.25. The van der Waals surface area contributed by atoms with E-state index in [1.807, 2.05) is 0 Å². The lowest BCUT2D eigenvalue weighted by Gasteiger charge is -2.13. The Labute approximate surface area is 114 Å². The van der Waals surface area contributed by atoms with Crippen molar-refractivity contribution in [2.75, 3.05) is 19.3 Å². The van der Waals surface area contributed by atoms with Crippen molar-refractivity contribution < 1.29 is 4.79 Å². The molecule has 0 bridgehead atoms. The Bertz CT molecular complexity index is 365. The summed E-state index contributed by atoms with van der Waals surface area (Å²) in [5.74, 6) is 0.918. The first-order valence-corrected chi connectivity index (χ1v) is 7.32. The molecule has 0 aliphatic carbocycles. The Morgan fingerprint density at radius 3 is 2.56 bits per heavy atom. The first kappa shape index (κ1) is 15.1. The van der Waals surface area contributed by atoms with Crippen LogP contribution in [-0.4, -0.2) is 25.3 Å². The van der Waals surface area contributed by atoms with Crippen LogP contribution in [0.1, 0.15) is 31.9 Å². The van der Waals surface area contributed by atoms with Crippen molar-refractivity contribution in [3.05, 3.63) is 29.8 Å². The Balaban J connectivity index is 2.42. The van der Waals surface area contributed by atoms with Gasteiger partial charge in [-0.25, -0.2) is 0 Å². The van der Waals surface area contributed by atoms with E-state index >= 15 is 0 Å². The summed E-state index contributed by atoms with van der Waals surface area (Å²) in [5.41, 5.74) is 1.30. The number of rotatable bonds is 7. The quantitative estimate of drug-likeness (QED) is 0.745. The average Bonchev–Trinajstić information content (AvgIpc) is 2.39. The third-order valence-corrected chi connectivity index (χ3v) is 3.78. The van der Waals surface area contributed by atoms with Gasteiger partial charge in [0.2, 0.25) is 5.91 Å². The van der Waals surface area contributed by atoms with Crippen molar-refractivity contribution in [3.63, 3.8) is 0 Å². The SMILES string of the molecule is CCNC(C)c1ccc(SCCC(=O)NC)cc1. The Kier molecular flexibility index (Phi) is 6.83. The highest BCUT2D eigenvalue weighted by Gasteiger charge is 2.04. The van der Waals surface area contributed by atoms with Crippen molar-refractivity contribution in [3.8, 4) is 0 Å². The van der Waals surface area contributed by atoms with Gasteiger partial charge in [0.05, 0.1) is 0 Å². The highest BCUT2D eigenvalue weighted by Crippen LogP contribution is 2.21. The normalized spacial score (nSPS) is 12.2. The number of nitrogens with one attached hydrogen (secondary N) is 2. The molecule has 0 aromatic heterocycles. The number of hydrogen-bond acceptors (Lipinski definition) is 3. The van der Waals surface area contributed by atoms with Crippen molar-refractivity contribution in [2.45, 2.75) is 31.2 Å². The van der Waals surface area contributed by atoms with Gasteiger partial charge in [-0.15, -0.1) is 11.8 Å². The number of amides is 1. The number of carbonyl (C=O) groups excluding carboxylic acids is 1. The monoisotopic (exact) mass is 266 g/mol. The smallest absolute Gasteiger partial charge is 0.220 e. The fraction of sp³-hybridized carbons (Fsp3) is 0.500. The van der Waals surface area contributed by atoms with Crippen LogP contribution in [0.4, 0.5) is 0 Å². The molecule has 0 saturated heterocycles. The van der Waals surface area contributed by atoms with Crippen LogP contribution in [0, 0.1) is 0 Å². The maximum Gasteiger partial charge on any atom is 0.220 e. The van der Waals surface area contributed by atoms with E-state index < -0.39 is 0 Å². The summed E-state index contributed by atoms with van der Waals surface area (Å²) in [5, 5.41) is 6.02. The van der Waals surface area contributed by atoms with Crippen molar-refractivity contribution >= 4 is 17.7 Å². The molecule has 18 heavy (non-hydrogen) atoms. The molecular formula is C14H22N2OS. The topological polar surface area (TPSA) is 41.1 Å². The minimum atomic E-state index is 0.0971. The van der Waals surface area contributed by atoms with Crippen LogP contribution in [0.5, 0.6) is 0 Å². The second kappa shape index (κ2) is 8.16. The molecule has 2 N–H and O–H groups in total. The molecule has 0 fully saturated rings. The largest absolute Gasteiger partial charge is 0.359 e. The molecule has 100 valence electrons. The molecule has 1 aromatic rings. The fourth-order valence-electron chi connectivity index (χ4n) is 1.66. The highest BCUT2D eigenvalue weighted by atomic mass is 32.2. The van der Waals surface area contributed by atoms with Gasteiger partial charge in [0, 0.05) is 30.2 Å². The zero-order chi connectivity index (χ0) is 13.4. The van der Waals surface area contributed by atoms with E-state index in [1.165, 1.54) is 10.5 Å². The molecule has 1 rings (SSSR count). The molecule has 0 radical (unpaired) electrons. The lowest BCUT2D eigenvalue weighted by Crippen LogP contribution is -2.18. The zero-order valence-corrected chi connectivity index (χ0v) is 12.1. The predicted molar refractivity (Wildman–Crippen MR) is 77.9 cm³/mol. The van der Waals surface area contributed by atoms with Crippen LogP contribution < -0.4 is 10.6 Å². The summed E-state index contributed by atoms with van der Waals surface area (Å²) in [6.07, 6.45) is 0.566. The average molecular weight is 266 g/mol. The molecule has 0 aliphatic rings. The maximum absolute atomic E-state index is 11.1. The van der Waals surface area contributed by atoms with Gasteiger partial charge in [-0.05, 0) is 31.2 Å². The molecule has 0 heterocycles. The van der Waals surface area contributed by atoms with E-state index in [0.717, 1.165) is 12.3 Å². The fourth-order valence-corrected chi connectivity index (χ4v) is 2.52. The first-order valence-electron chi connectivity index (χ1n) is 6.34. The summed E-state index contributed by atoms with van der Waals surface area (Å²) >= 11 is 1.72. The van der Waals surface area contributed by atoms with Gasteiger partial charge in [0.25, 0.3) is 0 Å². The van der Waals surface area contributed by atoms with E-state index in [0.29, 0.717) is 12.5 Å². The first-order chi connectivity index (χ1) is 8.67. The molecule has 0 aliphatic heterocycles. The Morgan fingerprint density at radius 1 is 1.33 bits per heavy atom.